The summed E-state index contributed by atoms with van der Waals surface area (Å²) in [6.45, 7) is 7.70. The topological polar surface area (TPSA) is 58.5 Å². The third-order valence-corrected chi connectivity index (χ3v) is 2.72. The SMILES string of the molecule is C/C(N)=C/N(N)CCC1CCN(F)CC1.CC. The Balaban J connectivity index is 0.00000121. The van der Waals surface area contributed by atoms with Crippen molar-refractivity contribution in [3.63, 3.8) is 0 Å². The predicted molar refractivity (Wildman–Crippen MR) is 70.2 cm³/mol. The van der Waals surface area contributed by atoms with Crippen molar-refractivity contribution < 1.29 is 4.48 Å². The Labute approximate surface area is 104 Å². The van der Waals surface area contributed by atoms with Crippen molar-refractivity contribution in [3.8, 4) is 0 Å². The molecule has 1 rings (SSSR count). The molecular weight excluding hydrogens is 219 g/mol. The normalized spacial score (nSPS) is 18.5. The van der Waals surface area contributed by atoms with Crippen molar-refractivity contribution in [1.29, 1.82) is 0 Å². The number of nitrogens with zero attached hydrogens (tertiary/aromatic N) is 2. The van der Waals surface area contributed by atoms with Crippen LogP contribution in [0.4, 0.5) is 4.48 Å². The van der Waals surface area contributed by atoms with Gasteiger partial charge >= 0.3 is 0 Å². The number of hydrazine groups is 1. The molecule has 0 bridgehead atoms. The molecule has 1 fully saturated rings. The molecule has 0 aliphatic carbocycles. The minimum atomic E-state index is 0.557. The standard InChI is InChI=1S/C10H21FN4.C2H6/c1-9(12)8-15(13)7-4-10-2-5-14(11)6-3-10;1-2/h8,10H,2-7,12-13H2,1H3;1-2H3/b9-8-;. The van der Waals surface area contributed by atoms with E-state index in [0.29, 0.717) is 24.7 Å². The van der Waals surface area contributed by atoms with E-state index in [9.17, 15) is 4.48 Å². The van der Waals surface area contributed by atoms with E-state index in [-0.39, 0.29) is 0 Å². The molecule has 0 aromatic rings. The molecule has 0 spiro atoms. The summed E-state index contributed by atoms with van der Waals surface area (Å²) in [6.07, 6.45) is 4.59. The highest BCUT2D eigenvalue weighted by atomic mass is 19.2. The highest BCUT2D eigenvalue weighted by Gasteiger charge is 2.18. The molecule has 0 radical (unpaired) electrons. The number of nitrogens with two attached hydrogens (primary N) is 2. The van der Waals surface area contributed by atoms with Crippen molar-refractivity contribution in [2.24, 2.45) is 17.5 Å². The van der Waals surface area contributed by atoms with Gasteiger partial charge in [-0.2, -0.15) is 0 Å². The highest BCUT2D eigenvalue weighted by Crippen LogP contribution is 2.20. The maximum absolute atomic E-state index is 12.7. The quantitative estimate of drug-likeness (QED) is 0.452. The Morgan fingerprint density at radius 3 is 2.41 bits per heavy atom. The molecule has 0 aromatic heterocycles. The average molecular weight is 246 g/mol. The summed E-state index contributed by atoms with van der Waals surface area (Å²) in [6, 6.07) is 0. The fourth-order valence-corrected chi connectivity index (χ4v) is 1.85. The number of allylic oxidation sites excluding steroid dienone is 1. The molecule has 4 nitrogen and oxygen atoms in total. The van der Waals surface area contributed by atoms with Crippen molar-refractivity contribution in [1.82, 2.24) is 10.1 Å². The Kier molecular flexibility index (Phi) is 8.80. The number of rotatable bonds is 4. The van der Waals surface area contributed by atoms with Crippen LogP contribution in [-0.2, 0) is 0 Å². The van der Waals surface area contributed by atoms with Crippen LogP contribution in [0.2, 0.25) is 0 Å². The van der Waals surface area contributed by atoms with Crippen LogP contribution >= 0.6 is 0 Å². The first-order valence-electron chi connectivity index (χ1n) is 6.44. The first kappa shape index (κ1) is 16.2. The van der Waals surface area contributed by atoms with Crippen molar-refractivity contribution in [3.05, 3.63) is 11.9 Å². The van der Waals surface area contributed by atoms with E-state index in [4.69, 9.17) is 11.6 Å². The zero-order valence-electron chi connectivity index (χ0n) is 11.3. The second kappa shape index (κ2) is 9.24. The molecule has 1 heterocycles. The maximum Gasteiger partial charge on any atom is 0.0340 e. The summed E-state index contributed by atoms with van der Waals surface area (Å²) in [7, 11) is 0. The van der Waals surface area contributed by atoms with Gasteiger partial charge in [-0.25, -0.2) is 5.84 Å². The smallest absolute Gasteiger partial charge is 0.0340 e. The van der Waals surface area contributed by atoms with Gasteiger partial charge in [0.05, 0.1) is 0 Å². The second-order valence-electron chi connectivity index (χ2n) is 4.25. The van der Waals surface area contributed by atoms with E-state index >= 15 is 0 Å². The van der Waals surface area contributed by atoms with Gasteiger partial charge in [0.15, 0.2) is 0 Å². The Bertz CT molecular complexity index is 209. The molecule has 5 heteroatoms. The lowest BCUT2D eigenvalue weighted by Crippen LogP contribution is -2.32. The molecule has 102 valence electrons. The molecule has 17 heavy (non-hydrogen) atoms. The van der Waals surface area contributed by atoms with Crippen LogP contribution < -0.4 is 11.6 Å². The Hall–Kier alpha value is -0.810. The lowest BCUT2D eigenvalue weighted by molar-refractivity contribution is -0.0104. The maximum atomic E-state index is 12.7. The molecular formula is C12H27FN4. The van der Waals surface area contributed by atoms with E-state index in [1.54, 1.807) is 18.1 Å². The Morgan fingerprint density at radius 2 is 1.94 bits per heavy atom. The molecule has 0 unspecified atom stereocenters. The molecule has 0 atom stereocenters. The summed E-state index contributed by atoms with van der Waals surface area (Å²) in [4.78, 5) is 0. The third-order valence-electron chi connectivity index (χ3n) is 2.72. The number of piperidine rings is 1. The number of hydrogen-bond donors (Lipinski definition) is 2. The largest absolute Gasteiger partial charge is 0.401 e. The highest BCUT2D eigenvalue weighted by molar-refractivity contribution is 4.89. The fraction of sp³-hybridized carbons (Fsp3) is 0.833. The van der Waals surface area contributed by atoms with Crippen LogP contribution in [-0.4, -0.2) is 29.8 Å². The summed E-state index contributed by atoms with van der Waals surface area (Å²) in [5.41, 5.74) is 6.21. The van der Waals surface area contributed by atoms with Gasteiger partial charge in [0.2, 0.25) is 0 Å². The lowest BCUT2D eigenvalue weighted by Gasteiger charge is -2.27. The van der Waals surface area contributed by atoms with Crippen LogP contribution in [0.3, 0.4) is 0 Å². The lowest BCUT2D eigenvalue weighted by atomic mass is 9.94. The Morgan fingerprint density at radius 1 is 1.41 bits per heavy atom. The molecule has 0 aromatic carbocycles. The van der Waals surface area contributed by atoms with Gasteiger partial charge in [-0.3, -0.25) is 0 Å². The van der Waals surface area contributed by atoms with Crippen molar-refractivity contribution in [2.45, 2.75) is 40.0 Å². The van der Waals surface area contributed by atoms with Crippen LogP contribution in [0.5, 0.6) is 0 Å². The van der Waals surface area contributed by atoms with E-state index < -0.39 is 0 Å². The molecule has 1 saturated heterocycles. The zero-order valence-corrected chi connectivity index (χ0v) is 11.3. The summed E-state index contributed by atoms with van der Waals surface area (Å²) in [5, 5.41) is 2.50. The number of hydrogen-bond acceptors (Lipinski definition) is 4. The molecule has 1 aliphatic heterocycles. The second-order valence-corrected chi connectivity index (χ2v) is 4.25. The molecule has 4 N–H and O–H groups in total. The molecule has 1 aliphatic rings. The first-order valence-corrected chi connectivity index (χ1v) is 6.44. The van der Waals surface area contributed by atoms with Gasteiger partial charge in [-0.15, -0.1) is 9.60 Å². The van der Waals surface area contributed by atoms with Crippen LogP contribution in [0.15, 0.2) is 11.9 Å². The molecule has 0 amide bonds. The summed E-state index contributed by atoms with van der Waals surface area (Å²) >= 11 is 0. The van der Waals surface area contributed by atoms with Crippen molar-refractivity contribution in [2.75, 3.05) is 19.6 Å². The summed E-state index contributed by atoms with van der Waals surface area (Å²) in [5.74, 6) is 6.30. The average Bonchev–Trinajstić information content (AvgIpc) is 2.30. The fourth-order valence-electron chi connectivity index (χ4n) is 1.85. The molecule has 0 saturated carbocycles. The van der Waals surface area contributed by atoms with Gasteiger partial charge in [-0.05, 0) is 32.1 Å². The van der Waals surface area contributed by atoms with Crippen LogP contribution in [0.1, 0.15) is 40.0 Å². The van der Waals surface area contributed by atoms with E-state index in [0.717, 1.165) is 30.9 Å². The number of halogens is 1. The predicted octanol–water partition coefficient (Wildman–Crippen LogP) is 1.99. The van der Waals surface area contributed by atoms with Gasteiger partial charge in [-0.1, -0.05) is 13.8 Å². The van der Waals surface area contributed by atoms with E-state index in [1.165, 1.54) is 0 Å². The van der Waals surface area contributed by atoms with Crippen molar-refractivity contribution >= 4 is 0 Å². The van der Waals surface area contributed by atoms with Crippen LogP contribution in [0, 0.1) is 5.92 Å². The summed E-state index contributed by atoms with van der Waals surface area (Å²) < 4.78 is 12.7. The zero-order chi connectivity index (χ0) is 13.3. The van der Waals surface area contributed by atoms with Gasteiger partial charge < -0.3 is 10.7 Å². The minimum Gasteiger partial charge on any atom is -0.401 e. The first-order chi connectivity index (χ1) is 8.08. The van der Waals surface area contributed by atoms with Crippen LogP contribution in [0.25, 0.3) is 0 Å². The monoisotopic (exact) mass is 246 g/mol. The van der Waals surface area contributed by atoms with E-state index in [1.807, 2.05) is 13.8 Å². The van der Waals surface area contributed by atoms with E-state index in [2.05, 4.69) is 0 Å². The van der Waals surface area contributed by atoms with Gasteiger partial charge in [0, 0.05) is 31.5 Å². The van der Waals surface area contributed by atoms with Gasteiger partial charge in [0.1, 0.15) is 0 Å². The third kappa shape index (κ3) is 7.99. The van der Waals surface area contributed by atoms with Gasteiger partial charge in [0.25, 0.3) is 0 Å². The minimum absolute atomic E-state index is 0.557.